The van der Waals surface area contributed by atoms with E-state index in [1.165, 1.54) is 22.3 Å². The predicted molar refractivity (Wildman–Crippen MR) is 130 cm³/mol. The predicted octanol–water partition coefficient (Wildman–Crippen LogP) is 5.78. The van der Waals surface area contributed by atoms with Crippen molar-refractivity contribution < 1.29 is 0 Å². The Bertz CT molecular complexity index is 1020. The standard InChI is InChI=1S/C23H29N4PS/c1-6-26(7-2)28(29)21(17-24-27(28)18-13-9-8-10-14-18)22-23(3,4)19-15-11-12-16-20(19)25(22)5/h8-17H,6-7H2,1-5H3/b22-21-/t28-/m1/s1. The van der Waals surface area contributed by atoms with Crippen molar-refractivity contribution in [1.82, 2.24) is 4.67 Å². The first-order valence-corrected chi connectivity index (χ1v) is 12.9. The number of hydrazone groups is 1. The van der Waals surface area contributed by atoms with Crippen LogP contribution in [0, 0.1) is 0 Å². The zero-order valence-electron chi connectivity index (χ0n) is 17.8. The first-order chi connectivity index (χ1) is 13.9. The van der Waals surface area contributed by atoms with Crippen LogP contribution >= 0.6 is 6.34 Å². The smallest absolute Gasteiger partial charge is 0.154 e. The van der Waals surface area contributed by atoms with Gasteiger partial charge in [-0.05, 0) is 23.8 Å². The van der Waals surface area contributed by atoms with Gasteiger partial charge in [0, 0.05) is 36.9 Å². The lowest BCUT2D eigenvalue weighted by Gasteiger charge is -2.39. The number of fused-ring (bicyclic) bond motifs is 1. The summed E-state index contributed by atoms with van der Waals surface area (Å²) in [6.45, 7) is 10.8. The summed E-state index contributed by atoms with van der Waals surface area (Å²) in [4.78, 5) is 2.33. The molecule has 0 N–H and O–H groups in total. The second-order valence-electron chi connectivity index (χ2n) is 7.99. The zero-order chi connectivity index (χ0) is 20.8. The van der Waals surface area contributed by atoms with E-state index in [-0.39, 0.29) is 5.41 Å². The number of rotatable bonds is 4. The van der Waals surface area contributed by atoms with Crippen LogP contribution in [0.15, 0.2) is 70.7 Å². The quantitative estimate of drug-likeness (QED) is 0.580. The highest BCUT2D eigenvalue weighted by Crippen LogP contribution is 2.67. The summed E-state index contributed by atoms with van der Waals surface area (Å²) in [5, 5.41) is 6.09. The fraction of sp³-hybridized carbons (Fsp3) is 0.348. The van der Waals surface area contributed by atoms with Crippen LogP contribution in [0.2, 0.25) is 0 Å². The van der Waals surface area contributed by atoms with Crippen LogP contribution in [0.25, 0.3) is 0 Å². The lowest BCUT2D eigenvalue weighted by Crippen LogP contribution is -2.31. The summed E-state index contributed by atoms with van der Waals surface area (Å²) in [5.41, 5.74) is 4.81. The molecule has 0 unspecified atom stereocenters. The van der Waals surface area contributed by atoms with Crippen LogP contribution in [0.5, 0.6) is 0 Å². The van der Waals surface area contributed by atoms with Crippen molar-refractivity contribution in [2.75, 3.05) is 29.8 Å². The van der Waals surface area contributed by atoms with Crippen molar-refractivity contribution >= 4 is 35.7 Å². The average molecular weight is 425 g/mol. The summed E-state index contributed by atoms with van der Waals surface area (Å²) in [5.74, 6) is 0. The number of nitrogens with zero attached hydrogens (tertiary/aromatic N) is 4. The molecule has 0 saturated carbocycles. The van der Waals surface area contributed by atoms with Crippen molar-refractivity contribution in [3.8, 4) is 0 Å². The molecule has 2 aromatic carbocycles. The van der Waals surface area contributed by atoms with E-state index in [9.17, 15) is 0 Å². The second-order valence-corrected chi connectivity index (χ2v) is 12.0. The number of benzene rings is 2. The van der Waals surface area contributed by atoms with E-state index in [4.69, 9.17) is 16.9 Å². The summed E-state index contributed by atoms with van der Waals surface area (Å²) in [6, 6.07) is 19.0. The number of para-hydroxylation sites is 2. The van der Waals surface area contributed by atoms with Crippen molar-refractivity contribution in [3.05, 3.63) is 71.2 Å². The van der Waals surface area contributed by atoms with Gasteiger partial charge in [-0.3, -0.25) is 4.67 Å². The summed E-state index contributed by atoms with van der Waals surface area (Å²) in [6.07, 6.45) is -0.268. The van der Waals surface area contributed by atoms with Crippen LogP contribution in [0.1, 0.15) is 33.3 Å². The molecule has 0 spiro atoms. The number of anilines is 2. The SMILES string of the molecule is CCN(CC)[P@]1(=S)/C(=C2\N(C)c3ccccc3C2(C)C)C=NN1c1ccccc1. The van der Waals surface area contributed by atoms with Gasteiger partial charge in [0.1, 0.15) is 0 Å². The molecule has 2 aliphatic heterocycles. The molecule has 0 bridgehead atoms. The van der Waals surface area contributed by atoms with E-state index in [2.05, 4.69) is 97.6 Å². The summed E-state index contributed by atoms with van der Waals surface area (Å²) in [7, 11) is 2.16. The molecule has 2 heterocycles. The lowest BCUT2D eigenvalue weighted by molar-refractivity contribution is 0.506. The van der Waals surface area contributed by atoms with Crippen LogP contribution in [-0.4, -0.2) is 31.0 Å². The van der Waals surface area contributed by atoms with Gasteiger partial charge >= 0.3 is 0 Å². The van der Waals surface area contributed by atoms with Gasteiger partial charge < -0.3 is 4.90 Å². The van der Waals surface area contributed by atoms with Crippen LogP contribution < -0.4 is 9.68 Å². The van der Waals surface area contributed by atoms with Crippen molar-refractivity contribution in [1.29, 1.82) is 0 Å². The summed E-state index contributed by atoms with van der Waals surface area (Å²) >= 11 is 6.57. The van der Waals surface area contributed by atoms with Gasteiger partial charge in [0.2, 0.25) is 0 Å². The Morgan fingerprint density at radius 3 is 2.24 bits per heavy atom. The molecule has 2 aliphatic rings. The Morgan fingerprint density at radius 2 is 1.62 bits per heavy atom. The van der Waals surface area contributed by atoms with Crippen molar-refractivity contribution in [2.45, 2.75) is 33.1 Å². The van der Waals surface area contributed by atoms with Crippen LogP contribution in [0.3, 0.4) is 0 Å². The highest BCUT2D eigenvalue weighted by molar-refractivity contribution is 8.16. The van der Waals surface area contributed by atoms with Crippen LogP contribution in [0.4, 0.5) is 11.4 Å². The molecule has 6 heteroatoms. The first kappa shape index (κ1) is 20.3. The van der Waals surface area contributed by atoms with Gasteiger partial charge in [-0.25, -0.2) is 4.78 Å². The Kier molecular flexibility index (Phi) is 5.18. The molecule has 1 atom stereocenters. The molecular weight excluding hydrogens is 395 g/mol. The average Bonchev–Trinajstić information content (AvgIpc) is 3.16. The molecule has 0 radical (unpaired) electrons. The molecule has 0 saturated heterocycles. The zero-order valence-corrected chi connectivity index (χ0v) is 19.5. The normalized spacial score (nSPS) is 25.2. The minimum Gasteiger partial charge on any atom is -0.346 e. The monoisotopic (exact) mass is 424 g/mol. The van der Waals surface area contributed by atoms with E-state index in [0.29, 0.717) is 0 Å². The highest BCUT2D eigenvalue weighted by atomic mass is 32.4. The van der Waals surface area contributed by atoms with Gasteiger partial charge in [-0.15, -0.1) is 0 Å². The van der Waals surface area contributed by atoms with Gasteiger partial charge in [0.05, 0.1) is 17.2 Å². The van der Waals surface area contributed by atoms with Crippen LogP contribution in [-0.2, 0) is 17.2 Å². The Hall–Kier alpha value is -1.94. The number of hydrogen-bond acceptors (Lipinski definition) is 3. The number of allylic oxidation sites excluding steroid dienone is 2. The fourth-order valence-electron chi connectivity index (χ4n) is 4.67. The molecule has 4 rings (SSSR count). The van der Waals surface area contributed by atoms with E-state index in [1.807, 2.05) is 12.3 Å². The topological polar surface area (TPSA) is 22.1 Å². The van der Waals surface area contributed by atoms with Crippen molar-refractivity contribution in [3.63, 3.8) is 0 Å². The van der Waals surface area contributed by atoms with E-state index in [0.717, 1.165) is 18.8 Å². The van der Waals surface area contributed by atoms with Crippen molar-refractivity contribution in [2.24, 2.45) is 5.10 Å². The third-order valence-corrected chi connectivity index (χ3v) is 11.0. The molecule has 152 valence electrons. The Balaban J connectivity index is 1.96. The molecule has 0 aromatic heterocycles. The molecule has 0 amide bonds. The maximum atomic E-state index is 6.57. The van der Waals surface area contributed by atoms with E-state index >= 15 is 0 Å². The lowest BCUT2D eigenvalue weighted by atomic mass is 9.84. The maximum absolute atomic E-state index is 6.57. The van der Waals surface area contributed by atoms with Gasteiger partial charge in [0.15, 0.2) is 6.34 Å². The number of likely N-dealkylation sites (N-methyl/N-ethyl adjacent to an activating group) is 1. The molecule has 0 fully saturated rings. The second kappa shape index (κ2) is 7.39. The Morgan fingerprint density at radius 1 is 1.00 bits per heavy atom. The third kappa shape index (κ3) is 2.91. The molecule has 0 aliphatic carbocycles. The van der Waals surface area contributed by atoms with E-state index < -0.39 is 6.34 Å². The first-order valence-electron chi connectivity index (χ1n) is 10.2. The highest BCUT2D eigenvalue weighted by Gasteiger charge is 2.47. The van der Waals surface area contributed by atoms with Gasteiger partial charge in [-0.2, -0.15) is 5.10 Å². The molecule has 2 aromatic rings. The third-order valence-electron chi connectivity index (χ3n) is 6.07. The fourth-order valence-corrected chi connectivity index (χ4v) is 9.24. The number of hydrogen-bond donors (Lipinski definition) is 0. The van der Waals surface area contributed by atoms with Gasteiger partial charge in [-0.1, -0.05) is 75.9 Å². The molecular formula is C23H29N4PS. The maximum Gasteiger partial charge on any atom is 0.154 e. The summed E-state index contributed by atoms with van der Waals surface area (Å²) < 4.78 is 4.54. The molecule has 29 heavy (non-hydrogen) atoms. The van der Waals surface area contributed by atoms with E-state index in [1.54, 1.807) is 0 Å². The molecule has 4 nitrogen and oxygen atoms in total. The minimum atomic E-state index is -2.30. The minimum absolute atomic E-state index is 0.128. The largest absolute Gasteiger partial charge is 0.346 e. The van der Waals surface area contributed by atoms with Gasteiger partial charge in [0.25, 0.3) is 0 Å². The Labute approximate surface area is 179 Å².